The molecule has 0 bridgehead atoms. The molecule has 0 radical (unpaired) electrons. The largest absolute Gasteiger partial charge is 0.466 e. The maximum atomic E-state index is 14.0. The van der Waals surface area contributed by atoms with Gasteiger partial charge in [-0.15, -0.1) is 0 Å². The highest BCUT2D eigenvalue weighted by atomic mass is 79.9. The number of halogens is 3. The number of alkyl halides is 1. The predicted molar refractivity (Wildman–Crippen MR) is 112 cm³/mol. The molecule has 0 spiro atoms. The van der Waals surface area contributed by atoms with Crippen LogP contribution in [0.15, 0.2) is 29.5 Å². The Morgan fingerprint density at radius 1 is 1.24 bits per heavy atom. The molecule has 1 aliphatic heterocycles. The third-order valence-corrected chi connectivity index (χ3v) is 6.10. The molecule has 0 aromatic heterocycles. The number of amides is 3. The summed E-state index contributed by atoms with van der Waals surface area (Å²) in [7, 11) is 1.09. The first-order valence-electron chi connectivity index (χ1n) is 9.94. The second-order valence-corrected chi connectivity index (χ2v) is 8.05. The molecule has 0 saturated heterocycles. The van der Waals surface area contributed by atoms with Gasteiger partial charge in [-0.25, -0.2) is 28.1 Å². The standard InChI is InChI=1S/C20H20BrF2N3O7/c1-32-18(27)16-15(9-21)24-19(28)25(17(16)10-2-7-13(22)14(23)8-10)20(29)33-12-5-3-11(4-6-12)26(30)31/h2,7-8,11-12,17H,3-6,9H2,1H3,(H,24,28). The summed E-state index contributed by atoms with van der Waals surface area (Å²) in [5, 5.41) is 13.3. The van der Waals surface area contributed by atoms with Gasteiger partial charge in [-0.1, -0.05) is 22.0 Å². The van der Waals surface area contributed by atoms with Gasteiger partial charge in [0.25, 0.3) is 0 Å². The van der Waals surface area contributed by atoms with Crippen molar-refractivity contribution in [2.45, 2.75) is 43.9 Å². The van der Waals surface area contributed by atoms with Crippen LogP contribution in [0, 0.1) is 21.7 Å². The lowest BCUT2D eigenvalue weighted by Crippen LogP contribution is -2.52. The number of nitro groups is 1. The summed E-state index contributed by atoms with van der Waals surface area (Å²) < 4.78 is 37.8. The molecule has 1 N–H and O–H groups in total. The van der Waals surface area contributed by atoms with E-state index >= 15 is 0 Å². The van der Waals surface area contributed by atoms with Crippen LogP contribution in [0.25, 0.3) is 0 Å². The van der Waals surface area contributed by atoms with E-state index in [0.29, 0.717) is 4.90 Å². The Morgan fingerprint density at radius 3 is 2.45 bits per heavy atom. The molecule has 1 aliphatic carbocycles. The van der Waals surface area contributed by atoms with E-state index in [4.69, 9.17) is 9.47 Å². The van der Waals surface area contributed by atoms with Gasteiger partial charge in [0.05, 0.1) is 12.7 Å². The highest BCUT2D eigenvalue weighted by Crippen LogP contribution is 2.36. The second-order valence-electron chi connectivity index (χ2n) is 7.49. The van der Waals surface area contributed by atoms with E-state index in [1.54, 1.807) is 0 Å². The van der Waals surface area contributed by atoms with Crippen molar-refractivity contribution < 1.29 is 37.6 Å². The molecule has 13 heteroatoms. The number of allylic oxidation sites excluding steroid dienone is 1. The van der Waals surface area contributed by atoms with Crippen LogP contribution >= 0.6 is 15.9 Å². The molecular weight excluding hydrogens is 512 g/mol. The average Bonchev–Trinajstić information content (AvgIpc) is 2.79. The number of hydrogen-bond donors (Lipinski definition) is 1. The number of rotatable bonds is 5. The molecule has 3 amide bonds. The zero-order valence-electron chi connectivity index (χ0n) is 17.4. The number of nitrogens with one attached hydrogen (secondary N) is 1. The minimum Gasteiger partial charge on any atom is -0.466 e. The fourth-order valence-corrected chi connectivity index (χ4v) is 4.32. The van der Waals surface area contributed by atoms with Crippen LogP contribution < -0.4 is 5.32 Å². The molecule has 1 heterocycles. The highest BCUT2D eigenvalue weighted by Gasteiger charge is 2.44. The number of urea groups is 1. The van der Waals surface area contributed by atoms with Crippen molar-refractivity contribution in [1.29, 1.82) is 0 Å². The van der Waals surface area contributed by atoms with E-state index in [-0.39, 0.29) is 52.8 Å². The van der Waals surface area contributed by atoms with E-state index in [1.807, 2.05) is 0 Å². The number of benzene rings is 1. The molecule has 1 unspecified atom stereocenters. The van der Waals surface area contributed by atoms with E-state index in [9.17, 15) is 33.3 Å². The smallest absolute Gasteiger partial charge is 0.419 e. The molecule has 33 heavy (non-hydrogen) atoms. The van der Waals surface area contributed by atoms with Gasteiger partial charge in [0.1, 0.15) is 12.1 Å². The molecular formula is C20H20BrF2N3O7. The Hall–Kier alpha value is -3.09. The van der Waals surface area contributed by atoms with Crippen LogP contribution in [0.4, 0.5) is 18.4 Å². The summed E-state index contributed by atoms with van der Waals surface area (Å²) in [6, 6.07) is -0.423. The van der Waals surface area contributed by atoms with Crippen LogP contribution in [0.5, 0.6) is 0 Å². The summed E-state index contributed by atoms with van der Waals surface area (Å²) in [4.78, 5) is 49.6. The van der Waals surface area contributed by atoms with Crippen LogP contribution in [0.1, 0.15) is 37.3 Å². The Kier molecular flexibility index (Phi) is 7.61. The normalized spacial score (nSPS) is 23.1. The minimum absolute atomic E-state index is 0.00284. The fourth-order valence-electron chi connectivity index (χ4n) is 3.88. The van der Waals surface area contributed by atoms with Crippen LogP contribution in [0.2, 0.25) is 0 Å². The van der Waals surface area contributed by atoms with Crippen molar-refractivity contribution in [2.75, 3.05) is 12.4 Å². The summed E-state index contributed by atoms with van der Waals surface area (Å²) in [5.74, 6) is -3.29. The van der Waals surface area contributed by atoms with Gasteiger partial charge in [0.15, 0.2) is 11.6 Å². The number of ether oxygens (including phenoxy) is 2. The Morgan fingerprint density at radius 2 is 1.91 bits per heavy atom. The molecule has 178 valence electrons. The fraction of sp³-hybridized carbons (Fsp3) is 0.450. The number of methoxy groups -OCH3 is 1. The van der Waals surface area contributed by atoms with Gasteiger partial charge in [-0.05, 0) is 30.5 Å². The molecule has 3 rings (SSSR count). The van der Waals surface area contributed by atoms with Crippen molar-refractivity contribution >= 4 is 34.0 Å². The maximum Gasteiger partial charge on any atom is 0.419 e. The number of hydrogen-bond acceptors (Lipinski definition) is 7. The number of carbonyl (C=O) groups is 3. The van der Waals surface area contributed by atoms with Crippen LogP contribution in [-0.2, 0) is 14.3 Å². The number of esters is 1. The first kappa shape index (κ1) is 24.6. The summed E-state index contributed by atoms with van der Waals surface area (Å²) in [6.07, 6.45) is -0.989. The minimum atomic E-state index is -1.46. The van der Waals surface area contributed by atoms with Crippen molar-refractivity contribution in [3.63, 3.8) is 0 Å². The molecule has 1 aromatic carbocycles. The number of imide groups is 1. The van der Waals surface area contributed by atoms with Crippen molar-refractivity contribution in [3.8, 4) is 0 Å². The first-order chi connectivity index (χ1) is 15.7. The molecule has 1 fully saturated rings. The summed E-state index contributed by atoms with van der Waals surface area (Å²) in [5.41, 5.74) is -0.150. The Balaban J connectivity index is 1.97. The molecule has 1 saturated carbocycles. The topological polar surface area (TPSA) is 128 Å². The van der Waals surface area contributed by atoms with Crippen molar-refractivity contribution in [2.24, 2.45) is 0 Å². The zero-order chi connectivity index (χ0) is 24.3. The third kappa shape index (κ3) is 5.13. The Bertz CT molecular complexity index is 1010. The van der Waals surface area contributed by atoms with Gasteiger partial charge in [0.2, 0.25) is 6.04 Å². The lowest BCUT2D eigenvalue weighted by atomic mass is 9.93. The quantitative estimate of drug-likeness (QED) is 0.266. The first-order valence-corrected chi connectivity index (χ1v) is 11.1. The molecule has 1 aromatic rings. The van der Waals surface area contributed by atoms with Crippen molar-refractivity contribution in [3.05, 3.63) is 56.8 Å². The van der Waals surface area contributed by atoms with Crippen LogP contribution in [-0.4, -0.2) is 52.5 Å². The lowest BCUT2D eigenvalue weighted by molar-refractivity contribution is -0.527. The third-order valence-electron chi connectivity index (χ3n) is 5.54. The summed E-state index contributed by atoms with van der Waals surface area (Å²) >= 11 is 3.15. The van der Waals surface area contributed by atoms with Gasteiger partial charge >= 0.3 is 18.1 Å². The van der Waals surface area contributed by atoms with Gasteiger partial charge in [0, 0.05) is 28.8 Å². The molecule has 1 atom stereocenters. The van der Waals surface area contributed by atoms with Gasteiger partial charge in [-0.3, -0.25) is 10.1 Å². The van der Waals surface area contributed by atoms with E-state index in [0.717, 1.165) is 25.3 Å². The molecule has 10 nitrogen and oxygen atoms in total. The van der Waals surface area contributed by atoms with E-state index in [2.05, 4.69) is 21.2 Å². The number of carbonyl (C=O) groups excluding carboxylic acids is 3. The number of nitrogens with zero attached hydrogens (tertiary/aromatic N) is 2. The van der Waals surface area contributed by atoms with Gasteiger partial charge in [-0.2, -0.15) is 0 Å². The highest BCUT2D eigenvalue weighted by molar-refractivity contribution is 9.09. The second kappa shape index (κ2) is 10.2. The van der Waals surface area contributed by atoms with E-state index < -0.39 is 47.9 Å². The van der Waals surface area contributed by atoms with Gasteiger partial charge < -0.3 is 14.8 Å². The average molecular weight is 532 g/mol. The van der Waals surface area contributed by atoms with E-state index in [1.165, 1.54) is 0 Å². The monoisotopic (exact) mass is 531 g/mol. The van der Waals surface area contributed by atoms with Crippen LogP contribution in [0.3, 0.4) is 0 Å². The SMILES string of the molecule is COC(=O)C1=C(CBr)NC(=O)N(C(=O)OC2CCC([N+](=O)[O-])CC2)C1c1ccc(F)c(F)c1. The Labute approximate surface area is 195 Å². The van der Waals surface area contributed by atoms with Crippen molar-refractivity contribution in [1.82, 2.24) is 10.2 Å². The lowest BCUT2D eigenvalue weighted by Gasteiger charge is -2.37. The maximum absolute atomic E-state index is 14.0. The predicted octanol–water partition coefficient (Wildman–Crippen LogP) is 3.58. The molecule has 2 aliphatic rings. The zero-order valence-corrected chi connectivity index (χ0v) is 19.0. The summed E-state index contributed by atoms with van der Waals surface area (Å²) in [6.45, 7) is 0.